The first kappa shape index (κ1) is 8.48. The first-order chi connectivity index (χ1) is 6.58. The molecule has 8 heteroatoms. The van der Waals surface area contributed by atoms with E-state index in [2.05, 4.69) is 10.6 Å². The molecule has 0 aromatic carbocycles. The Morgan fingerprint density at radius 3 is 1.43 bits per heavy atom. The Morgan fingerprint density at radius 1 is 0.714 bits per heavy atom. The molecule has 2 unspecified atom stereocenters. The zero-order chi connectivity index (χ0) is 10.3. The van der Waals surface area contributed by atoms with Crippen LogP contribution in [0.25, 0.3) is 0 Å². The highest BCUT2D eigenvalue weighted by molar-refractivity contribution is 6.12. The molecule has 2 fully saturated rings. The van der Waals surface area contributed by atoms with E-state index in [1.807, 2.05) is 10.6 Å². The lowest BCUT2D eigenvalue weighted by molar-refractivity contribution is -0.131. The number of amides is 6. The van der Waals surface area contributed by atoms with Crippen molar-refractivity contribution in [2.24, 2.45) is 0 Å². The minimum absolute atomic E-state index is 0.693. The second-order valence-electron chi connectivity index (χ2n) is 2.88. The van der Waals surface area contributed by atoms with Gasteiger partial charge in [-0.2, -0.15) is 0 Å². The highest BCUT2D eigenvalue weighted by atomic mass is 16.2. The summed E-state index contributed by atoms with van der Waals surface area (Å²) < 4.78 is 0. The topological polar surface area (TPSA) is 116 Å². The Labute approximate surface area is 77.4 Å². The molecule has 2 aliphatic rings. The number of carbonyl (C=O) groups is 4. The van der Waals surface area contributed by atoms with Gasteiger partial charge in [-0.1, -0.05) is 0 Å². The molecule has 0 aromatic rings. The molecule has 0 bridgehead atoms. The number of hydrogen-bond donors (Lipinski definition) is 4. The smallest absolute Gasteiger partial charge is 0.322 e. The summed E-state index contributed by atoms with van der Waals surface area (Å²) in [6.07, 6.45) is 0. The van der Waals surface area contributed by atoms with Gasteiger partial charge < -0.3 is 10.6 Å². The quantitative estimate of drug-likeness (QED) is 0.341. The Hall–Kier alpha value is -2.12. The summed E-state index contributed by atoms with van der Waals surface area (Å²) in [5.74, 6) is -1.39. The summed E-state index contributed by atoms with van der Waals surface area (Å²) in [5, 5.41) is 8.31. The molecular formula is C6H6N4O4. The highest BCUT2D eigenvalue weighted by Crippen LogP contribution is 2.04. The lowest BCUT2D eigenvalue weighted by atomic mass is 10.0. The lowest BCUT2D eigenvalue weighted by Crippen LogP contribution is -2.75. The predicted molar refractivity (Wildman–Crippen MR) is 40.9 cm³/mol. The van der Waals surface area contributed by atoms with Crippen LogP contribution in [0.3, 0.4) is 0 Å². The van der Waals surface area contributed by atoms with Gasteiger partial charge in [0.15, 0.2) is 0 Å². The number of carbonyl (C=O) groups excluding carboxylic acids is 4. The molecule has 0 spiro atoms. The minimum Gasteiger partial charge on any atom is -0.323 e. The van der Waals surface area contributed by atoms with Crippen LogP contribution in [0.2, 0.25) is 0 Å². The van der Waals surface area contributed by atoms with E-state index in [0.29, 0.717) is 0 Å². The Bertz CT molecular complexity index is 318. The van der Waals surface area contributed by atoms with Crippen LogP contribution < -0.4 is 21.3 Å². The maximum atomic E-state index is 11.2. The van der Waals surface area contributed by atoms with Crippen LogP contribution in [-0.4, -0.2) is 36.0 Å². The van der Waals surface area contributed by atoms with Crippen molar-refractivity contribution in [2.75, 3.05) is 0 Å². The van der Waals surface area contributed by atoms with Crippen molar-refractivity contribution in [3.8, 4) is 0 Å². The van der Waals surface area contributed by atoms with E-state index in [-0.39, 0.29) is 0 Å². The summed E-state index contributed by atoms with van der Waals surface area (Å²) in [6, 6.07) is -3.56. The largest absolute Gasteiger partial charge is 0.323 e. The monoisotopic (exact) mass is 198 g/mol. The summed E-state index contributed by atoms with van der Waals surface area (Å²) >= 11 is 0. The van der Waals surface area contributed by atoms with Crippen LogP contribution in [0.4, 0.5) is 9.59 Å². The van der Waals surface area contributed by atoms with Gasteiger partial charge >= 0.3 is 12.1 Å². The number of fused-ring (bicyclic) bond motifs is 1. The van der Waals surface area contributed by atoms with E-state index in [0.717, 1.165) is 0 Å². The third-order valence-corrected chi connectivity index (χ3v) is 1.94. The average Bonchev–Trinajstić information content (AvgIpc) is 2.07. The molecule has 2 saturated heterocycles. The van der Waals surface area contributed by atoms with E-state index in [4.69, 9.17) is 0 Å². The van der Waals surface area contributed by atoms with Crippen LogP contribution >= 0.6 is 0 Å². The standard InChI is InChI=1S/C6H6N4O4/c11-3-1-2(8-6(14)9-3)4(12)10-5(13)7-1/h1-2H,(H2,7,10,12,13)(H2,8,9,11,14). The second kappa shape index (κ2) is 2.69. The summed E-state index contributed by atoms with van der Waals surface area (Å²) in [4.78, 5) is 44.0. The first-order valence-corrected chi connectivity index (χ1v) is 3.80. The molecular weight excluding hydrogens is 192 g/mol. The zero-order valence-electron chi connectivity index (χ0n) is 6.79. The summed E-state index contributed by atoms with van der Waals surface area (Å²) in [5.41, 5.74) is 0. The molecule has 2 rings (SSSR count). The van der Waals surface area contributed by atoms with Crippen molar-refractivity contribution in [3.63, 3.8) is 0 Å². The Balaban J connectivity index is 2.26. The van der Waals surface area contributed by atoms with E-state index in [9.17, 15) is 19.2 Å². The van der Waals surface area contributed by atoms with Crippen LogP contribution in [-0.2, 0) is 9.59 Å². The van der Waals surface area contributed by atoms with Gasteiger partial charge in [-0.15, -0.1) is 0 Å². The molecule has 0 radical (unpaired) electrons. The third kappa shape index (κ3) is 1.16. The van der Waals surface area contributed by atoms with Crippen molar-refractivity contribution in [1.82, 2.24) is 21.3 Å². The molecule has 2 aliphatic heterocycles. The van der Waals surface area contributed by atoms with Crippen molar-refractivity contribution in [2.45, 2.75) is 12.1 Å². The SMILES string of the molecule is O=C1NC(=O)C2NC(=O)NC(=O)C2N1. The maximum absolute atomic E-state index is 11.2. The van der Waals surface area contributed by atoms with E-state index in [1.165, 1.54) is 0 Å². The number of urea groups is 2. The van der Waals surface area contributed by atoms with Gasteiger partial charge in [-0.05, 0) is 0 Å². The molecule has 0 aliphatic carbocycles. The minimum atomic E-state index is -1.03. The van der Waals surface area contributed by atoms with Crippen LogP contribution in [0.1, 0.15) is 0 Å². The summed E-state index contributed by atoms with van der Waals surface area (Å²) in [6.45, 7) is 0. The third-order valence-electron chi connectivity index (χ3n) is 1.94. The Kier molecular flexibility index (Phi) is 1.63. The predicted octanol–water partition coefficient (Wildman–Crippen LogP) is -2.60. The number of hydrogen-bond acceptors (Lipinski definition) is 4. The maximum Gasteiger partial charge on any atom is 0.322 e. The fourth-order valence-corrected chi connectivity index (χ4v) is 1.33. The normalized spacial score (nSPS) is 30.9. The van der Waals surface area contributed by atoms with Gasteiger partial charge in [0.1, 0.15) is 12.1 Å². The average molecular weight is 198 g/mol. The van der Waals surface area contributed by atoms with E-state index in [1.54, 1.807) is 0 Å². The number of imide groups is 2. The van der Waals surface area contributed by atoms with Gasteiger partial charge in [-0.25, -0.2) is 9.59 Å². The molecule has 2 atom stereocenters. The molecule has 14 heavy (non-hydrogen) atoms. The van der Waals surface area contributed by atoms with E-state index < -0.39 is 36.0 Å². The van der Waals surface area contributed by atoms with Crippen molar-refractivity contribution in [3.05, 3.63) is 0 Å². The fourth-order valence-electron chi connectivity index (χ4n) is 1.33. The molecule has 74 valence electrons. The summed E-state index contributed by atoms with van der Waals surface area (Å²) in [7, 11) is 0. The van der Waals surface area contributed by atoms with Gasteiger partial charge in [-0.3, -0.25) is 20.2 Å². The number of rotatable bonds is 0. The molecule has 0 saturated carbocycles. The van der Waals surface area contributed by atoms with Crippen molar-refractivity contribution >= 4 is 23.9 Å². The molecule has 0 aromatic heterocycles. The number of nitrogens with one attached hydrogen (secondary N) is 4. The molecule has 6 amide bonds. The van der Waals surface area contributed by atoms with Crippen molar-refractivity contribution in [1.29, 1.82) is 0 Å². The van der Waals surface area contributed by atoms with Crippen LogP contribution in [0, 0.1) is 0 Å². The molecule has 4 N–H and O–H groups in total. The zero-order valence-corrected chi connectivity index (χ0v) is 6.79. The van der Waals surface area contributed by atoms with Crippen LogP contribution in [0.5, 0.6) is 0 Å². The highest BCUT2D eigenvalue weighted by Gasteiger charge is 2.44. The van der Waals surface area contributed by atoms with E-state index >= 15 is 0 Å². The van der Waals surface area contributed by atoms with Gasteiger partial charge in [0, 0.05) is 0 Å². The first-order valence-electron chi connectivity index (χ1n) is 3.80. The van der Waals surface area contributed by atoms with Crippen molar-refractivity contribution < 1.29 is 19.2 Å². The molecule has 8 nitrogen and oxygen atoms in total. The lowest BCUT2D eigenvalue weighted by Gasteiger charge is -2.33. The second-order valence-corrected chi connectivity index (χ2v) is 2.88. The van der Waals surface area contributed by atoms with Crippen LogP contribution in [0.15, 0.2) is 0 Å². The Morgan fingerprint density at radius 2 is 1.07 bits per heavy atom. The van der Waals surface area contributed by atoms with Gasteiger partial charge in [0.05, 0.1) is 0 Å². The van der Waals surface area contributed by atoms with Gasteiger partial charge in [0.25, 0.3) is 11.8 Å². The fraction of sp³-hybridized carbons (Fsp3) is 0.333. The molecule has 2 heterocycles. The van der Waals surface area contributed by atoms with Gasteiger partial charge in [0.2, 0.25) is 0 Å².